The van der Waals surface area contributed by atoms with E-state index >= 15 is 0 Å². The van der Waals surface area contributed by atoms with Crippen LogP contribution in [-0.2, 0) is 6.54 Å². The molecule has 19 heavy (non-hydrogen) atoms. The van der Waals surface area contributed by atoms with Crippen LogP contribution in [0.1, 0.15) is 15.9 Å². The molecule has 0 saturated heterocycles. The van der Waals surface area contributed by atoms with Crippen molar-refractivity contribution in [2.75, 3.05) is 12.4 Å². The quantitative estimate of drug-likeness (QED) is 0.840. The number of carbonyl (C=O) groups is 1. The molecule has 1 aromatic carbocycles. The SMILES string of the molecule is CNc1nc(Cl)ncc1C(=O)NCc1ccccc1. The Morgan fingerprint density at radius 1 is 1.32 bits per heavy atom. The average molecular weight is 277 g/mol. The fraction of sp³-hybridized carbons (Fsp3) is 0.154. The molecule has 0 radical (unpaired) electrons. The summed E-state index contributed by atoms with van der Waals surface area (Å²) in [5.74, 6) is 0.162. The lowest BCUT2D eigenvalue weighted by Gasteiger charge is -2.08. The zero-order valence-electron chi connectivity index (χ0n) is 10.4. The van der Waals surface area contributed by atoms with E-state index in [1.807, 2.05) is 30.3 Å². The van der Waals surface area contributed by atoms with Crippen molar-refractivity contribution in [3.8, 4) is 0 Å². The van der Waals surface area contributed by atoms with E-state index in [1.54, 1.807) is 7.05 Å². The van der Waals surface area contributed by atoms with E-state index in [2.05, 4.69) is 20.6 Å². The molecular weight excluding hydrogens is 264 g/mol. The molecule has 2 aromatic rings. The van der Waals surface area contributed by atoms with Crippen molar-refractivity contribution in [1.82, 2.24) is 15.3 Å². The summed E-state index contributed by atoms with van der Waals surface area (Å²) in [7, 11) is 1.67. The zero-order chi connectivity index (χ0) is 13.7. The Morgan fingerprint density at radius 2 is 2.05 bits per heavy atom. The second kappa shape index (κ2) is 6.15. The third kappa shape index (κ3) is 3.42. The molecule has 0 aliphatic carbocycles. The molecule has 98 valence electrons. The van der Waals surface area contributed by atoms with Crippen LogP contribution in [0.5, 0.6) is 0 Å². The highest BCUT2D eigenvalue weighted by molar-refractivity contribution is 6.28. The zero-order valence-corrected chi connectivity index (χ0v) is 11.1. The van der Waals surface area contributed by atoms with Crippen LogP contribution in [0.25, 0.3) is 0 Å². The largest absolute Gasteiger partial charge is 0.372 e. The summed E-state index contributed by atoms with van der Waals surface area (Å²) < 4.78 is 0. The number of hydrogen-bond donors (Lipinski definition) is 2. The lowest BCUT2D eigenvalue weighted by molar-refractivity contribution is 0.0951. The summed E-state index contributed by atoms with van der Waals surface area (Å²) in [6.07, 6.45) is 1.40. The Kier molecular flexibility index (Phi) is 4.30. The number of nitrogens with zero attached hydrogens (tertiary/aromatic N) is 2. The number of rotatable bonds is 4. The van der Waals surface area contributed by atoms with Gasteiger partial charge < -0.3 is 10.6 Å². The maximum atomic E-state index is 12.0. The molecule has 1 amide bonds. The van der Waals surface area contributed by atoms with Crippen molar-refractivity contribution in [2.24, 2.45) is 0 Å². The van der Waals surface area contributed by atoms with Gasteiger partial charge in [-0.05, 0) is 17.2 Å². The standard InChI is InChI=1S/C13H13ClN4O/c1-15-11-10(8-17-13(14)18-11)12(19)16-7-9-5-3-2-4-6-9/h2-6,8H,7H2,1H3,(H,16,19)(H,15,17,18). The maximum Gasteiger partial charge on any atom is 0.256 e. The fourth-order valence-corrected chi connectivity index (χ4v) is 1.72. The highest BCUT2D eigenvalue weighted by Crippen LogP contribution is 2.13. The molecule has 2 N–H and O–H groups in total. The van der Waals surface area contributed by atoms with Gasteiger partial charge in [0.1, 0.15) is 11.4 Å². The van der Waals surface area contributed by atoms with E-state index in [4.69, 9.17) is 11.6 Å². The smallest absolute Gasteiger partial charge is 0.256 e. The molecule has 0 bridgehead atoms. The van der Waals surface area contributed by atoms with Gasteiger partial charge in [0.05, 0.1) is 0 Å². The minimum Gasteiger partial charge on any atom is -0.372 e. The van der Waals surface area contributed by atoms with Crippen molar-refractivity contribution >= 4 is 23.3 Å². The molecule has 0 spiro atoms. The Hall–Kier alpha value is -2.14. The van der Waals surface area contributed by atoms with Gasteiger partial charge in [0.15, 0.2) is 0 Å². The highest BCUT2D eigenvalue weighted by atomic mass is 35.5. The third-order valence-corrected chi connectivity index (χ3v) is 2.72. The van der Waals surface area contributed by atoms with Gasteiger partial charge >= 0.3 is 0 Å². The molecule has 1 heterocycles. The highest BCUT2D eigenvalue weighted by Gasteiger charge is 2.13. The molecule has 0 unspecified atom stereocenters. The number of anilines is 1. The summed E-state index contributed by atoms with van der Waals surface area (Å²) in [6, 6.07) is 9.66. The minimum atomic E-state index is -0.245. The summed E-state index contributed by atoms with van der Waals surface area (Å²) in [5, 5.41) is 5.73. The summed E-state index contributed by atoms with van der Waals surface area (Å²) in [4.78, 5) is 19.8. The van der Waals surface area contributed by atoms with Gasteiger partial charge in [-0.3, -0.25) is 4.79 Å². The van der Waals surface area contributed by atoms with Gasteiger partial charge in [-0.1, -0.05) is 30.3 Å². The first-order valence-electron chi connectivity index (χ1n) is 5.73. The molecule has 0 saturated carbocycles. The summed E-state index contributed by atoms with van der Waals surface area (Å²) in [5.41, 5.74) is 1.39. The topological polar surface area (TPSA) is 66.9 Å². The van der Waals surface area contributed by atoms with E-state index < -0.39 is 0 Å². The van der Waals surface area contributed by atoms with Crippen molar-refractivity contribution in [2.45, 2.75) is 6.54 Å². The lowest BCUT2D eigenvalue weighted by atomic mass is 10.2. The number of aromatic nitrogens is 2. The Bertz CT molecular complexity index is 574. The minimum absolute atomic E-state index is 0.101. The van der Waals surface area contributed by atoms with Gasteiger partial charge in [-0.15, -0.1) is 0 Å². The van der Waals surface area contributed by atoms with E-state index in [0.717, 1.165) is 5.56 Å². The molecule has 1 aromatic heterocycles. The first-order chi connectivity index (χ1) is 9.20. The van der Waals surface area contributed by atoms with Gasteiger partial charge in [-0.25, -0.2) is 4.98 Å². The fourth-order valence-electron chi connectivity index (χ4n) is 1.59. The first-order valence-corrected chi connectivity index (χ1v) is 6.11. The first kappa shape index (κ1) is 13.3. The van der Waals surface area contributed by atoms with Crippen LogP contribution in [0.4, 0.5) is 5.82 Å². The van der Waals surface area contributed by atoms with Crippen molar-refractivity contribution < 1.29 is 4.79 Å². The number of amides is 1. The van der Waals surface area contributed by atoms with Gasteiger partial charge in [0.25, 0.3) is 5.91 Å². The van der Waals surface area contributed by atoms with Crippen LogP contribution in [0.15, 0.2) is 36.5 Å². The number of benzene rings is 1. The van der Waals surface area contributed by atoms with E-state index in [1.165, 1.54) is 6.20 Å². The molecule has 6 heteroatoms. The van der Waals surface area contributed by atoms with Crippen LogP contribution < -0.4 is 10.6 Å². The number of hydrogen-bond acceptors (Lipinski definition) is 4. The molecule has 0 aliphatic heterocycles. The molecular formula is C13H13ClN4O. The molecule has 0 atom stereocenters. The lowest BCUT2D eigenvalue weighted by Crippen LogP contribution is -2.24. The molecule has 0 fully saturated rings. The van der Waals surface area contributed by atoms with Crippen molar-refractivity contribution in [1.29, 1.82) is 0 Å². The average Bonchev–Trinajstić information content (AvgIpc) is 2.45. The van der Waals surface area contributed by atoms with Crippen LogP contribution >= 0.6 is 11.6 Å². The number of halogens is 1. The van der Waals surface area contributed by atoms with Crippen molar-refractivity contribution in [3.63, 3.8) is 0 Å². The van der Waals surface area contributed by atoms with E-state index in [-0.39, 0.29) is 11.2 Å². The number of nitrogens with one attached hydrogen (secondary N) is 2. The van der Waals surface area contributed by atoms with Crippen molar-refractivity contribution in [3.05, 3.63) is 52.9 Å². The van der Waals surface area contributed by atoms with E-state index in [0.29, 0.717) is 17.9 Å². The summed E-state index contributed by atoms with van der Waals surface area (Å²) in [6.45, 7) is 0.450. The number of carbonyl (C=O) groups excluding carboxylic acids is 1. The van der Waals surface area contributed by atoms with Gasteiger partial charge in [0, 0.05) is 19.8 Å². The predicted octanol–water partition coefficient (Wildman–Crippen LogP) is 2.10. The second-order valence-electron chi connectivity index (χ2n) is 3.82. The Morgan fingerprint density at radius 3 is 2.74 bits per heavy atom. The second-order valence-corrected chi connectivity index (χ2v) is 4.16. The predicted molar refractivity (Wildman–Crippen MR) is 74.2 cm³/mol. The van der Waals surface area contributed by atoms with Crippen LogP contribution in [0.3, 0.4) is 0 Å². The molecule has 0 aliphatic rings. The van der Waals surface area contributed by atoms with Gasteiger partial charge in [-0.2, -0.15) is 4.98 Å². The Labute approximate surface area is 116 Å². The van der Waals surface area contributed by atoms with Crippen LogP contribution in [0.2, 0.25) is 5.28 Å². The van der Waals surface area contributed by atoms with E-state index in [9.17, 15) is 4.79 Å². The van der Waals surface area contributed by atoms with Gasteiger partial charge in [0.2, 0.25) is 5.28 Å². The normalized spacial score (nSPS) is 10.0. The summed E-state index contributed by atoms with van der Waals surface area (Å²) >= 11 is 5.68. The third-order valence-electron chi connectivity index (χ3n) is 2.54. The maximum absolute atomic E-state index is 12.0. The van der Waals surface area contributed by atoms with Crippen LogP contribution in [0, 0.1) is 0 Å². The molecule has 2 rings (SSSR count). The monoisotopic (exact) mass is 276 g/mol. The van der Waals surface area contributed by atoms with Crippen LogP contribution in [-0.4, -0.2) is 22.9 Å². The molecule has 5 nitrogen and oxygen atoms in total. The Balaban J connectivity index is 2.08.